The first-order valence-corrected chi connectivity index (χ1v) is 10.4. The van der Waals surface area contributed by atoms with Gasteiger partial charge >= 0.3 is 21.9 Å². The number of aryl methyl sites for hydroxylation is 1. The summed E-state index contributed by atoms with van der Waals surface area (Å²) in [6.07, 6.45) is -5.83. The standard InChI is InChI=1S/C18H26F6O3Si/c1-13(27-28(25-2)26-3)8-6-4-5-7-9-14-10-15(17(19,20)21)12-16(11-14)18(22,23)24/h10-13,28H,4-9H2,1-3H3. The van der Waals surface area contributed by atoms with Gasteiger partial charge in [-0.3, -0.25) is 0 Å². The van der Waals surface area contributed by atoms with Gasteiger partial charge in [0.05, 0.1) is 11.1 Å². The highest BCUT2D eigenvalue weighted by Crippen LogP contribution is 2.36. The van der Waals surface area contributed by atoms with Crippen molar-refractivity contribution in [2.75, 3.05) is 14.2 Å². The maximum atomic E-state index is 12.8. The Hall–Kier alpha value is -1.10. The van der Waals surface area contributed by atoms with Gasteiger partial charge in [-0.2, -0.15) is 26.3 Å². The van der Waals surface area contributed by atoms with Crippen molar-refractivity contribution in [2.24, 2.45) is 0 Å². The van der Waals surface area contributed by atoms with Crippen LogP contribution in [0.25, 0.3) is 0 Å². The van der Waals surface area contributed by atoms with E-state index in [0.717, 1.165) is 31.4 Å². The second kappa shape index (κ2) is 11.2. The second-order valence-corrected chi connectivity index (χ2v) is 8.37. The van der Waals surface area contributed by atoms with Crippen molar-refractivity contribution in [2.45, 2.75) is 63.9 Å². The average Bonchev–Trinajstić information content (AvgIpc) is 2.60. The molecule has 28 heavy (non-hydrogen) atoms. The van der Waals surface area contributed by atoms with Crippen LogP contribution in [0.1, 0.15) is 55.7 Å². The van der Waals surface area contributed by atoms with Gasteiger partial charge in [-0.15, -0.1) is 0 Å². The van der Waals surface area contributed by atoms with Gasteiger partial charge in [0, 0.05) is 20.3 Å². The molecule has 0 radical (unpaired) electrons. The molecule has 0 aliphatic rings. The third-order valence-corrected chi connectivity index (χ3v) is 5.66. The van der Waals surface area contributed by atoms with Crippen LogP contribution in [0, 0.1) is 0 Å². The van der Waals surface area contributed by atoms with Gasteiger partial charge in [0.2, 0.25) is 0 Å². The number of rotatable bonds is 11. The molecule has 0 fully saturated rings. The maximum Gasteiger partial charge on any atom is 0.483 e. The Labute approximate surface area is 162 Å². The molecule has 1 rings (SSSR count). The van der Waals surface area contributed by atoms with Crippen molar-refractivity contribution in [3.8, 4) is 0 Å². The Balaban J connectivity index is 2.48. The van der Waals surface area contributed by atoms with E-state index in [-0.39, 0.29) is 24.2 Å². The predicted molar refractivity (Wildman–Crippen MR) is 94.9 cm³/mol. The number of alkyl halides is 6. The van der Waals surface area contributed by atoms with Crippen molar-refractivity contribution in [3.05, 3.63) is 34.9 Å². The van der Waals surface area contributed by atoms with E-state index in [2.05, 4.69) is 0 Å². The maximum absolute atomic E-state index is 12.8. The first-order chi connectivity index (χ1) is 13.0. The zero-order valence-electron chi connectivity index (χ0n) is 16.1. The monoisotopic (exact) mass is 432 g/mol. The van der Waals surface area contributed by atoms with E-state index in [4.69, 9.17) is 13.3 Å². The molecule has 3 nitrogen and oxygen atoms in total. The van der Waals surface area contributed by atoms with E-state index >= 15 is 0 Å². The zero-order valence-corrected chi connectivity index (χ0v) is 17.3. The van der Waals surface area contributed by atoms with Crippen LogP contribution >= 0.6 is 0 Å². The Morgan fingerprint density at radius 2 is 1.32 bits per heavy atom. The molecule has 0 saturated heterocycles. The molecular formula is C18H26F6O3Si. The van der Waals surface area contributed by atoms with E-state index in [1.54, 1.807) is 0 Å². The van der Waals surface area contributed by atoms with Gasteiger partial charge in [0.25, 0.3) is 0 Å². The SMILES string of the molecule is CO[SiH](OC)OC(C)CCCCCCc1cc(C(F)(F)F)cc(C(F)(F)F)c1. The van der Waals surface area contributed by atoms with E-state index in [0.29, 0.717) is 12.8 Å². The minimum atomic E-state index is -4.81. The van der Waals surface area contributed by atoms with Crippen LogP contribution in [0.15, 0.2) is 18.2 Å². The molecule has 0 N–H and O–H groups in total. The highest BCUT2D eigenvalue weighted by Gasteiger charge is 2.36. The van der Waals surface area contributed by atoms with E-state index in [9.17, 15) is 26.3 Å². The summed E-state index contributed by atoms with van der Waals surface area (Å²) in [7, 11) is 0.960. The summed E-state index contributed by atoms with van der Waals surface area (Å²) in [5.74, 6) is 0. The van der Waals surface area contributed by atoms with Crippen molar-refractivity contribution in [1.29, 1.82) is 0 Å². The Kier molecular flexibility index (Phi) is 9.95. The highest BCUT2D eigenvalue weighted by atomic mass is 28.3. The Bertz CT molecular complexity index is 555. The van der Waals surface area contributed by atoms with Crippen LogP contribution in [0.2, 0.25) is 0 Å². The van der Waals surface area contributed by atoms with Gasteiger partial charge in [-0.1, -0.05) is 19.3 Å². The van der Waals surface area contributed by atoms with Gasteiger partial charge in [-0.05, 0) is 49.9 Å². The lowest BCUT2D eigenvalue weighted by molar-refractivity contribution is -0.143. The molecule has 0 amide bonds. The molecule has 1 aromatic rings. The molecule has 1 aromatic carbocycles. The minimum Gasteiger partial charge on any atom is -0.379 e. The normalized spacial score (nSPS) is 13.9. The lowest BCUT2D eigenvalue weighted by Crippen LogP contribution is -2.28. The number of hydrogen-bond donors (Lipinski definition) is 0. The summed E-state index contributed by atoms with van der Waals surface area (Å²) in [6.45, 7) is 1.90. The largest absolute Gasteiger partial charge is 0.483 e. The van der Waals surface area contributed by atoms with Crippen molar-refractivity contribution < 1.29 is 39.6 Å². The minimum absolute atomic E-state index is 0.0330. The topological polar surface area (TPSA) is 27.7 Å². The molecule has 0 aliphatic heterocycles. The second-order valence-electron chi connectivity index (χ2n) is 6.57. The van der Waals surface area contributed by atoms with Crippen LogP contribution in [-0.2, 0) is 32.1 Å². The van der Waals surface area contributed by atoms with Crippen LogP contribution < -0.4 is 0 Å². The lowest BCUT2D eigenvalue weighted by atomic mass is 9.99. The fourth-order valence-electron chi connectivity index (χ4n) is 2.74. The molecule has 0 aliphatic carbocycles. The predicted octanol–water partition coefficient (Wildman–Crippen LogP) is 5.63. The molecule has 1 unspecified atom stereocenters. The first-order valence-electron chi connectivity index (χ1n) is 8.96. The average molecular weight is 432 g/mol. The Morgan fingerprint density at radius 1 is 0.821 bits per heavy atom. The van der Waals surface area contributed by atoms with Gasteiger partial charge in [0.1, 0.15) is 0 Å². The Morgan fingerprint density at radius 3 is 1.79 bits per heavy atom. The van der Waals surface area contributed by atoms with E-state index in [1.807, 2.05) is 6.92 Å². The number of halogens is 6. The summed E-state index contributed by atoms with van der Waals surface area (Å²) >= 11 is 0. The summed E-state index contributed by atoms with van der Waals surface area (Å²) in [6, 6.07) is 1.75. The number of hydrogen-bond acceptors (Lipinski definition) is 3. The summed E-state index contributed by atoms with van der Waals surface area (Å²) < 4.78 is 92.8. The fourth-order valence-corrected chi connectivity index (χ4v) is 3.67. The van der Waals surface area contributed by atoms with Crippen LogP contribution in [-0.4, -0.2) is 29.9 Å². The highest BCUT2D eigenvalue weighted by molar-refractivity contribution is 6.36. The van der Waals surface area contributed by atoms with Crippen LogP contribution in [0.4, 0.5) is 26.3 Å². The summed E-state index contributed by atoms with van der Waals surface area (Å²) in [5, 5.41) is 0. The van der Waals surface area contributed by atoms with Crippen molar-refractivity contribution >= 4 is 9.53 Å². The lowest BCUT2D eigenvalue weighted by Gasteiger charge is -2.17. The van der Waals surface area contributed by atoms with Gasteiger partial charge in [-0.25, -0.2) is 0 Å². The first kappa shape index (κ1) is 24.9. The fraction of sp³-hybridized carbons (Fsp3) is 0.667. The molecule has 1 atom stereocenters. The molecule has 0 saturated carbocycles. The van der Waals surface area contributed by atoms with E-state index < -0.39 is 33.0 Å². The van der Waals surface area contributed by atoms with Gasteiger partial charge in [0.15, 0.2) is 0 Å². The molecule has 10 heteroatoms. The quantitative estimate of drug-likeness (QED) is 0.258. The van der Waals surface area contributed by atoms with Crippen molar-refractivity contribution in [1.82, 2.24) is 0 Å². The third-order valence-electron chi connectivity index (χ3n) is 4.20. The molecule has 0 heterocycles. The smallest absolute Gasteiger partial charge is 0.379 e. The van der Waals surface area contributed by atoms with E-state index in [1.165, 1.54) is 14.2 Å². The summed E-state index contributed by atoms with van der Waals surface area (Å²) in [4.78, 5) is 0. The number of unbranched alkanes of at least 4 members (excludes halogenated alkanes) is 3. The van der Waals surface area contributed by atoms with Crippen LogP contribution in [0.5, 0.6) is 0 Å². The molecule has 0 spiro atoms. The molecular weight excluding hydrogens is 406 g/mol. The molecule has 162 valence electrons. The van der Waals surface area contributed by atoms with Crippen molar-refractivity contribution in [3.63, 3.8) is 0 Å². The molecule has 0 aromatic heterocycles. The zero-order chi connectivity index (χ0) is 21.4. The summed E-state index contributed by atoms with van der Waals surface area (Å²) in [5.41, 5.74) is -2.48. The molecule has 0 bridgehead atoms. The van der Waals surface area contributed by atoms with Gasteiger partial charge < -0.3 is 13.3 Å². The van der Waals surface area contributed by atoms with Crippen LogP contribution in [0.3, 0.4) is 0 Å². The number of benzene rings is 1. The third kappa shape index (κ3) is 8.93.